The molecule has 3 heterocycles. The van der Waals surface area contributed by atoms with Crippen LogP contribution < -0.4 is 15.5 Å². The topological polar surface area (TPSA) is 71.4 Å². The second-order valence-electron chi connectivity index (χ2n) is 9.26. The number of nitrogens with one attached hydrogen (secondary N) is 2. The summed E-state index contributed by atoms with van der Waals surface area (Å²) < 4.78 is 21.7. The molecule has 39 heavy (non-hydrogen) atoms. The lowest BCUT2D eigenvalue weighted by Gasteiger charge is -2.28. The molecule has 2 atom stereocenters. The molecule has 0 bridgehead atoms. The Kier molecular flexibility index (Phi) is 7.65. The fraction of sp³-hybridized carbons (Fsp3) is 0.207. The zero-order chi connectivity index (χ0) is 27.7. The maximum absolute atomic E-state index is 14.9. The molecular formula is C29H27ClFN5O2S. The van der Waals surface area contributed by atoms with E-state index in [1.807, 2.05) is 53.6 Å². The third kappa shape index (κ3) is 5.13. The first-order chi connectivity index (χ1) is 18.8. The Balaban J connectivity index is 1.62. The van der Waals surface area contributed by atoms with E-state index in [1.54, 1.807) is 30.5 Å². The molecule has 0 unspecified atom stereocenters. The summed E-state index contributed by atoms with van der Waals surface area (Å²) in [5.41, 5.74) is 5.24. The lowest BCUT2D eigenvalue weighted by atomic mass is 9.96. The van der Waals surface area contributed by atoms with Gasteiger partial charge in [-0.25, -0.2) is 4.39 Å². The lowest BCUT2D eigenvalue weighted by molar-refractivity contribution is -0.119. The van der Waals surface area contributed by atoms with Crippen molar-refractivity contribution >= 4 is 46.2 Å². The van der Waals surface area contributed by atoms with Gasteiger partial charge in [0.2, 0.25) is 5.91 Å². The van der Waals surface area contributed by atoms with Gasteiger partial charge < -0.3 is 24.8 Å². The van der Waals surface area contributed by atoms with Gasteiger partial charge in [-0.05, 0) is 80.2 Å². The average molecular weight is 564 g/mol. The zero-order valence-electron chi connectivity index (χ0n) is 21.6. The Morgan fingerprint density at radius 3 is 2.62 bits per heavy atom. The van der Waals surface area contributed by atoms with Crippen molar-refractivity contribution < 1.29 is 13.9 Å². The molecule has 200 valence electrons. The number of carbonyl (C=O) groups excluding carboxylic acids is 1. The molecule has 7 nitrogen and oxygen atoms in total. The van der Waals surface area contributed by atoms with Gasteiger partial charge in [-0.3, -0.25) is 9.78 Å². The van der Waals surface area contributed by atoms with Crippen LogP contribution in [-0.2, 0) is 9.53 Å². The molecular weight excluding hydrogens is 537 g/mol. The van der Waals surface area contributed by atoms with Crippen LogP contribution in [0.1, 0.15) is 34.7 Å². The smallest absolute Gasteiger partial charge is 0.250 e. The van der Waals surface area contributed by atoms with Crippen molar-refractivity contribution in [1.82, 2.24) is 14.9 Å². The predicted molar refractivity (Wildman–Crippen MR) is 155 cm³/mol. The Bertz CT molecular complexity index is 1540. The Morgan fingerprint density at radius 2 is 1.92 bits per heavy atom. The van der Waals surface area contributed by atoms with Crippen LogP contribution in [0, 0.1) is 19.7 Å². The van der Waals surface area contributed by atoms with Crippen molar-refractivity contribution in [2.24, 2.45) is 0 Å². The molecule has 0 aliphatic carbocycles. The van der Waals surface area contributed by atoms with E-state index in [4.69, 9.17) is 28.6 Å². The summed E-state index contributed by atoms with van der Waals surface area (Å²) in [7, 11) is 1.45. The summed E-state index contributed by atoms with van der Waals surface area (Å²) in [4.78, 5) is 18.6. The second-order valence-corrected chi connectivity index (χ2v) is 10.0. The molecule has 10 heteroatoms. The molecule has 0 radical (unpaired) electrons. The molecule has 0 spiro atoms. The maximum atomic E-state index is 14.9. The van der Waals surface area contributed by atoms with Crippen LogP contribution in [0.2, 0.25) is 5.02 Å². The molecule has 5 rings (SSSR count). The van der Waals surface area contributed by atoms with E-state index in [2.05, 4.69) is 21.7 Å². The van der Waals surface area contributed by atoms with Crippen LogP contribution in [0.4, 0.5) is 15.8 Å². The van der Waals surface area contributed by atoms with Crippen LogP contribution in [-0.4, -0.2) is 34.3 Å². The maximum Gasteiger partial charge on any atom is 0.250 e. The molecule has 1 amide bonds. The molecule has 1 saturated heterocycles. The van der Waals surface area contributed by atoms with Crippen LogP contribution >= 0.6 is 23.8 Å². The van der Waals surface area contributed by atoms with Gasteiger partial charge in [-0.1, -0.05) is 29.8 Å². The summed E-state index contributed by atoms with van der Waals surface area (Å²) in [6, 6.07) is 19.3. The molecule has 2 aromatic heterocycles. The van der Waals surface area contributed by atoms with E-state index in [-0.39, 0.29) is 30.4 Å². The SMILES string of the molecule is COCC(=O)Nc1ccc(N2C(=S)N[C@@H](c3ccccn3)[C@@H]2c2cc(C)n(-c3ccccc3F)c2C)cc1Cl. The first-order valence-corrected chi connectivity index (χ1v) is 13.1. The van der Waals surface area contributed by atoms with E-state index < -0.39 is 0 Å². The van der Waals surface area contributed by atoms with E-state index in [0.29, 0.717) is 21.5 Å². The minimum atomic E-state index is -0.316. The number of thiocarbonyl (C=S) groups is 1. The number of anilines is 2. The number of nitrogens with zero attached hydrogens (tertiary/aromatic N) is 3. The first-order valence-electron chi connectivity index (χ1n) is 12.3. The average Bonchev–Trinajstić information content (AvgIpc) is 3.41. The number of halogens is 2. The van der Waals surface area contributed by atoms with Gasteiger partial charge in [0.15, 0.2) is 5.11 Å². The zero-order valence-corrected chi connectivity index (χ0v) is 23.2. The Hall–Kier alpha value is -3.79. The number of hydrogen-bond donors (Lipinski definition) is 2. The number of para-hydroxylation sites is 1. The highest BCUT2D eigenvalue weighted by molar-refractivity contribution is 7.80. The normalized spacial score (nSPS) is 16.8. The van der Waals surface area contributed by atoms with Crippen LogP contribution in [0.5, 0.6) is 0 Å². The summed E-state index contributed by atoms with van der Waals surface area (Å²) in [6.07, 6.45) is 1.75. The van der Waals surface area contributed by atoms with Gasteiger partial charge in [-0.15, -0.1) is 0 Å². The van der Waals surface area contributed by atoms with Gasteiger partial charge in [0.05, 0.1) is 34.2 Å². The van der Waals surface area contributed by atoms with Crippen LogP contribution in [0.25, 0.3) is 5.69 Å². The summed E-state index contributed by atoms with van der Waals surface area (Å²) in [6.45, 7) is 3.85. The standard InChI is InChI=1S/C29H27ClFN5O2S/c1-17-14-20(18(2)35(17)25-10-5-4-8-22(25)31)28-27(24-9-6-7-13-32-24)34-29(39)36(28)19-11-12-23(21(30)15-19)33-26(37)16-38-3/h4-15,27-28H,16H2,1-3H3,(H,33,37)(H,34,39)/t27-,28-/m0/s1. The lowest BCUT2D eigenvalue weighted by Crippen LogP contribution is -2.29. The molecule has 1 fully saturated rings. The van der Waals surface area contributed by atoms with E-state index in [9.17, 15) is 9.18 Å². The van der Waals surface area contributed by atoms with Crippen molar-refractivity contribution in [1.29, 1.82) is 0 Å². The fourth-order valence-electron chi connectivity index (χ4n) is 5.11. The number of benzene rings is 2. The van der Waals surface area contributed by atoms with Gasteiger partial charge in [0.1, 0.15) is 12.4 Å². The summed E-state index contributed by atoms with van der Waals surface area (Å²) >= 11 is 12.4. The largest absolute Gasteiger partial charge is 0.375 e. The van der Waals surface area contributed by atoms with Crippen molar-refractivity contribution in [3.8, 4) is 5.69 Å². The number of methoxy groups -OCH3 is 1. The number of rotatable bonds is 7. The van der Waals surface area contributed by atoms with Crippen molar-refractivity contribution in [3.05, 3.63) is 106 Å². The molecule has 1 aliphatic heterocycles. The molecule has 4 aromatic rings. The fourth-order valence-corrected chi connectivity index (χ4v) is 5.68. The molecule has 2 aromatic carbocycles. The molecule has 0 saturated carbocycles. The van der Waals surface area contributed by atoms with Gasteiger partial charge in [0.25, 0.3) is 0 Å². The highest BCUT2D eigenvalue weighted by Crippen LogP contribution is 2.44. The number of hydrogen-bond acceptors (Lipinski definition) is 4. The number of pyridine rings is 1. The minimum Gasteiger partial charge on any atom is -0.375 e. The third-order valence-corrected chi connectivity index (χ3v) is 7.39. The Morgan fingerprint density at radius 1 is 1.15 bits per heavy atom. The van der Waals surface area contributed by atoms with E-state index >= 15 is 0 Å². The van der Waals surface area contributed by atoms with Crippen LogP contribution in [0.3, 0.4) is 0 Å². The van der Waals surface area contributed by atoms with Gasteiger partial charge in [-0.2, -0.15) is 0 Å². The number of ether oxygens (including phenoxy) is 1. The van der Waals surface area contributed by atoms with Crippen molar-refractivity contribution in [2.75, 3.05) is 23.9 Å². The second kappa shape index (κ2) is 11.1. The number of aromatic nitrogens is 2. The highest BCUT2D eigenvalue weighted by atomic mass is 35.5. The number of carbonyl (C=O) groups is 1. The number of amides is 1. The van der Waals surface area contributed by atoms with Crippen molar-refractivity contribution in [3.63, 3.8) is 0 Å². The minimum absolute atomic E-state index is 0.0797. The van der Waals surface area contributed by atoms with Crippen LogP contribution in [0.15, 0.2) is 72.9 Å². The molecule has 1 aliphatic rings. The van der Waals surface area contributed by atoms with Gasteiger partial charge >= 0.3 is 0 Å². The van der Waals surface area contributed by atoms with Crippen molar-refractivity contribution in [2.45, 2.75) is 25.9 Å². The summed E-state index contributed by atoms with van der Waals surface area (Å²) in [5.74, 6) is -0.610. The first kappa shape index (κ1) is 26.8. The monoisotopic (exact) mass is 563 g/mol. The highest BCUT2D eigenvalue weighted by Gasteiger charge is 2.42. The quantitative estimate of drug-likeness (QED) is 0.267. The van der Waals surface area contributed by atoms with Gasteiger partial charge in [0, 0.05) is 30.4 Å². The number of aryl methyl sites for hydroxylation is 1. The Labute approximate surface area is 236 Å². The molecule has 2 N–H and O–H groups in total. The predicted octanol–water partition coefficient (Wildman–Crippen LogP) is 6.04. The summed E-state index contributed by atoms with van der Waals surface area (Å²) in [5, 5.41) is 7.05. The van der Waals surface area contributed by atoms with E-state index in [0.717, 1.165) is 28.3 Å². The third-order valence-electron chi connectivity index (χ3n) is 6.76. The van der Waals surface area contributed by atoms with E-state index in [1.165, 1.54) is 13.2 Å².